The largest absolute Gasteiger partial charge is 0.470 e. The Morgan fingerprint density at radius 3 is 2.33 bits per heavy atom. The molecule has 6 N–H and O–H groups in total. The SMILES string of the molecule is [B][C@@H]1O[C@H](COP(=O)(O)O)[C@H](OP(=O)(O)O)C1OC(=O)c1ccccc1N. The normalized spacial score (nSPS) is 26.1. The number of phosphoric acid groups is 2. The van der Waals surface area contributed by atoms with E-state index in [1.165, 1.54) is 18.2 Å². The van der Waals surface area contributed by atoms with Crippen LogP contribution in [0.2, 0.25) is 0 Å². The van der Waals surface area contributed by atoms with Gasteiger partial charge in [0.15, 0.2) is 0 Å². The number of phosphoric ester groups is 2. The van der Waals surface area contributed by atoms with Crippen molar-refractivity contribution >= 4 is 35.1 Å². The molecule has 1 fully saturated rings. The van der Waals surface area contributed by atoms with Crippen LogP contribution in [0.3, 0.4) is 0 Å². The minimum absolute atomic E-state index is 0.0328. The van der Waals surface area contributed by atoms with Gasteiger partial charge >= 0.3 is 21.6 Å². The number of benzene rings is 1. The molecular weight excluding hydrogens is 407 g/mol. The predicted octanol–water partition coefficient (Wildman–Crippen LogP) is -0.725. The van der Waals surface area contributed by atoms with Gasteiger partial charge in [-0.1, -0.05) is 12.1 Å². The van der Waals surface area contributed by atoms with Crippen molar-refractivity contribution in [2.45, 2.75) is 24.3 Å². The van der Waals surface area contributed by atoms with Gasteiger partial charge in [-0.15, -0.1) is 0 Å². The van der Waals surface area contributed by atoms with Crippen molar-refractivity contribution in [1.29, 1.82) is 0 Å². The second kappa shape index (κ2) is 8.40. The van der Waals surface area contributed by atoms with Gasteiger partial charge in [0.25, 0.3) is 0 Å². The van der Waals surface area contributed by atoms with Crippen molar-refractivity contribution < 1.29 is 52.0 Å². The van der Waals surface area contributed by atoms with Gasteiger partial charge in [0, 0.05) is 5.69 Å². The van der Waals surface area contributed by atoms with E-state index in [0.29, 0.717) is 0 Å². The van der Waals surface area contributed by atoms with E-state index in [1.54, 1.807) is 6.07 Å². The summed E-state index contributed by atoms with van der Waals surface area (Å²) < 4.78 is 41.1. The van der Waals surface area contributed by atoms with E-state index in [4.69, 9.17) is 42.6 Å². The van der Waals surface area contributed by atoms with Crippen LogP contribution in [0, 0.1) is 0 Å². The molecule has 0 saturated carbocycles. The number of hydrogen-bond acceptors (Lipinski definition) is 8. The molecular formula is C12H16BNO11P2. The fraction of sp³-hybridized carbons (Fsp3) is 0.417. The summed E-state index contributed by atoms with van der Waals surface area (Å²) in [5.74, 6) is -0.965. The van der Waals surface area contributed by atoms with Gasteiger partial charge < -0.3 is 34.8 Å². The first-order chi connectivity index (χ1) is 12.4. The maximum atomic E-state index is 12.3. The number of carbonyl (C=O) groups excluding carboxylic acids is 1. The van der Waals surface area contributed by atoms with Gasteiger partial charge in [-0.25, -0.2) is 13.9 Å². The lowest BCUT2D eigenvalue weighted by molar-refractivity contribution is -0.0169. The van der Waals surface area contributed by atoms with Crippen LogP contribution in [-0.4, -0.2) is 64.3 Å². The third kappa shape index (κ3) is 6.39. The molecule has 1 aromatic carbocycles. The lowest BCUT2D eigenvalue weighted by Crippen LogP contribution is -2.40. The minimum Gasteiger partial charge on any atom is -0.454 e. The first-order valence-corrected chi connectivity index (χ1v) is 10.3. The van der Waals surface area contributed by atoms with E-state index in [2.05, 4.69) is 9.05 Å². The Hall–Kier alpha value is -1.27. The number of nitrogen functional groups attached to an aromatic ring is 1. The number of ether oxygens (including phenoxy) is 2. The van der Waals surface area contributed by atoms with Crippen LogP contribution < -0.4 is 5.73 Å². The zero-order valence-corrected chi connectivity index (χ0v) is 15.3. The van der Waals surface area contributed by atoms with Gasteiger partial charge in [0.05, 0.1) is 18.2 Å². The molecule has 2 rings (SSSR count). The number of rotatable bonds is 7. The summed E-state index contributed by atoms with van der Waals surface area (Å²) >= 11 is 0. The minimum atomic E-state index is -5.11. The molecule has 0 spiro atoms. The van der Waals surface area contributed by atoms with Crippen molar-refractivity contribution in [3.05, 3.63) is 29.8 Å². The van der Waals surface area contributed by atoms with E-state index in [0.717, 1.165) is 0 Å². The van der Waals surface area contributed by atoms with Crippen LogP contribution in [0.4, 0.5) is 5.69 Å². The Labute approximate surface area is 154 Å². The molecule has 1 aliphatic heterocycles. The van der Waals surface area contributed by atoms with Crippen LogP contribution in [0.15, 0.2) is 24.3 Å². The Bertz CT molecular complexity index is 780. The molecule has 1 aromatic rings. The van der Waals surface area contributed by atoms with Gasteiger partial charge in [0.2, 0.25) is 0 Å². The summed E-state index contributed by atoms with van der Waals surface area (Å²) in [6, 6.07) is 4.46. The summed E-state index contributed by atoms with van der Waals surface area (Å²) in [5.41, 5.74) is 5.72. The van der Waals surface area contributed by atoms with Crippen molar-refractivity contribution in [2.75, 3.05) is 12.3 Å². The van der Waals surface area contributed by atoms with Crippen LogP contribution in [-0.2, 0) is 27.7 Å². The van der Waals surface area contributed by atoms with E-state index in [9.17, 15) is 13.9 Å². The summed E-state index contributed by atoms with van der Waals surface area (Å²) in [5, 5.41) is 0. The molecule has 0 amide bonds. The van der Waals surface area contributed by atoms with Gasteiger partial charge in [0.1, 0.15) is 26.2 Å². The molecule has 27 heavy (non-hydrogen) atoms. The first-order valence-electron chi connectivity index (χ1n) is 7.28. The van der Waals surface area contributed by atoms with Crippen LogP contribution in [0.5, 0.6) is 0 Å². The Morgan fingerprint density at radius 1 is 1.15 bits per heavy atom. The van der Waals surface area contributed by atoms with E-state index in [-0.39, 0.29) is 11.3 Å². The quantitative estimate of drug-likeness (QED) is 0.160. The average Bonchev–Trinajstić information content (AvgIpc) is 2.79. The molecule has 15 heteroatoms. The molecule has 12 nitrogen and oxygen atoms in total. The van der Waals surface area contributed by atoms with Gasteiger partial charge in [-0.2, -0.15) is 0 Å². The van der Waals surface area contributed by atoms with Crippen LogP contribution in [0.1, 0.15) is 10.4 Å². The first kappa shape index (κ1) is 22.0. The Balaban J connectivity index is 2.21. The summed E-state index contributed by atoms with van der Waals surface area (Å²) in [4.78, 5) is 47.9. The number of carbonyl (C=O) groups is 1. The fourth-order valence-electron chi connectivity index (χ4n) is 2.35. The summed E-state index contributed by atoms with van der Waals surface area (Å²) in [6.45, 7) is -0.829. The third-order valence-electron chi connectivity index (χ3n) is 3.44. The molecule has 2 radical (unpaired) electrons. The van der Waals surface area contributed by atoms with E-state index >= 15 is 0 Å². The lowest BCUT2D eigenvalue weighted by atomic mass is 9.93. The number of nitrogens with two attached hydrogens (primary N) is 1. The lowest BCUT2D eigenvalue weighted by Gasteiger charge is -2.24. The molecule has 1 saturated heterocycles. The van der Waals surface area contributed by atoms with Crippen molar-refractivity contribution in [3.63, 3.8) is 0 Å². The molecule has 1 aliphatic rings. The summed E-state index contributed by atoms with van der Waals surface area (Å²) in [6.07, 6.45) is -4.62. The van der Waals surface area contributed by atoms with Crippen molar-refractivity contribution in [1.82, 2.24) is 0 Å². The average molecular weight is 423 g/mol. The standard InChI is InChI=1S/C12H16BNO11P2/c13-11-10(24-12(15)6-3-1-2-4-7(6)14)9(25-27(19,20)21)8(23-11)5-22-26(16,17)18/h1-4,8-11H,5,14H2,(H2,16,17,18)(H2,19,20,21)/t8-,9+,10?,11-/m1/s1. The topological polar surface area (TPSA) is 195 Å². The van der Waals surface area contributed by atoms with Crippen molar-refractivity contribution in [2.24, 2.45) is 0 Å². The number of hydrogen-bond donors (Lipinski definition) is 5. The maximum absolute atomic E-state index is 12.3. The smallest absolute Gasteiger partial charge is 0.454 e. The Kier molecular flexibility index (Phi) is 6.85. The number of esters is 1. The summed E-state index contributed by atoms with van der Waals surface area (Å²) in [7, 11) is -4.35. The van der Waals surface area contributed by atoms with E-state index < -0.39 is 52.5 Å². The fourth-order valence-corrected chi connectivity index (χ4v) is 3.26. The predicted molar refractivity (Wildman–Crippen MR) is 89.4 cm³/mol. The third-order valence-corrected chi connectivity index (χ3v) is 4.44. The highest BCUT2D eigenvalue weighted by molar-refractivity contribution is 7.46. The zero-order valence-electron chi connectivity index (χ0n) is 13.5. The highest BCUT2D eigenvalue weighted by Gasteiger charge is 2.49. The van der Waals surface area contributed by atoms with Crippen LogP contribution in [0.25, 0.3) is 0 Å². The molecule has 0 aromatic heterocycles. The zero-order chi connectivity index (χ0) is 20.4. The second-order valence-corrected chi connectivity index (χ2v) is 7.87. The molecule has 0 aliphatic carbocycles. The van der Waals surface area contributed by atoms with E-state index in [1.807, 2.05) is 0 Å². The Morgan fingerprint density at radius 2 is 1.78 bits per heavy atom. The second-order valence-electron chi connectivity index (χ2n) is 5.44. The van der Waals surface area contributed by atoms with Crippen LogP contribution >= 0.6 is 15.6 Å². The highest BCUT2D eigenvalue weighted by Crippen LogP contribution is 2.44. The highest BCUT2D eigenvalue weighted by atomic mass is 31.2. The number of para-hydroxylation sites is 1. The monoisotopic (exact) mass is 423 g/mol. The molecule has 4 atom stereocenters. The number of anilines is 1. The van der Waals surface area contributed by atoms with Crippen molar-refractivity contribution in [3.8, 4) is 0 Å². The van der Waals surface area contributed by atoms with Gasteiger partial charge in [-0.3, -0.25) is 9.05 Å². The molecule has 1 unspecified atom stereocenters. The molecule has 1 heterocycles. The maximum Gasteiger partial charge on any atom is 0.470 e. The molecule has 0 bridgehead atoms. The molecule has 148 valence electrons. The van der Waals surface area contributed by atoms with Gasteiger partial charge in [-0.05, 0) is 12.1 Å².